The van der Waals surface area contributed by atoms with Crippen LogP contribution in [0.2, 0.25) is 5.02 Å². The molecular formula is C17H16ClNO2S. The van der Waals surface area contributed by atoms with E-state index < -0.39 is 0 Å². The zero-order valence-corrected chi connectivity index (χ0v) is 13.5. The maximum absolute atomic E-state index is 12.0. The van der Waals surface area contributed by atoms with E-state index in [2.05, 4.69) is 5.32 Å². The first-order valence-corrected chi connectivity index (χ1v) is 8.45. The highest BCUT2D eigenvalue weighted by Crippen LogP contribution is 2.27. The van der Waals surface area contributed by atoms with Gasteiger partial charge in [-0.2, -0.15) is 0 Å². The maximum atomic E-state index is 12.0. The van der Waals surface area contributed by atoms with Crippen molar-refractivity contribution in [2.24, 2.45) is 0 Å². The molecule has 3 nitrogen and oxygen atoms in total. The number of carbonyl (C=O) groups is 1. The van der Waals surface area contributed by atoms with E-state index in [0.29, 0.717) is 23.6 Å². The molecule has 2 aromatic rings. The van der Waals surface area contributed by atoms with Gasteiger partial charge in [0.2, 0.25) is 5.91 Å². The molecule has 3 rings (SSSR count). The Balaban J connectivity index is 1.58. The summed E-state index contributed by atoms with van der Waals surface area (Å²) in [6, 6.07) is 13.3. The van der Waals surface area contributed by atoms with Gasteiger partial charge in [0.25, 0.3) is 0 Å². The largest absolute Gasteiger partial charge is 0.392 e. The van der Waals surface area contributed by atoms with Crippen molar-refractivity contribution in [1.82, 2.24) is 0 Å². The number of benzene rings is 2. The van der Waals surface area contributed by atoms with E-state index in [4.69, 9.17) is 11.6 Å². The number of hydrogen-bond acceptors (Lipinski definition) is 3. The lowest BCUT2D eigenvalue weighted by atomic mass is 10.1. The van der Waals surface area contributed by atoms with Crippen molar-refractivity contribution in [3.63, 3.8) is 0 Å². The number of anilines is 1. The highest BCUT2D eigenvalue weighted by atomic mass is 35.5. The predicted octanol–water partition coefficient (Wildman–Crippen LogP) is 3.53. The van der Waals surface area contributed by atoms with Gasteiger partial charge >= 0.3 is 0 Å². The summed E-state index contributed by atoms with van der Waals surface area (Å²) in [6.07, 6.45) is 1.07. The number of aliphatic hydroxyl groups is 1. The third kappa shape index (κ3) is 3.64. The number of nitrogens with one attached hydrogen (secondary N) is 1. The van der Waals surface area contributed by atoms with Gasteiger partial charge in [0.05, 0.1) is 16.9 Å². The monoisotopic (exact) mass is 333 g/mol. The normalized spacial score (nSPS) is 16.4. The Morgan fingerprint density at radius 2 is 2.00 bits per heavy atom. The van der Waals surface area contributed by atoms with Crippen LogP contribution in [0.3, 0.4) is 0 Å². The summed E-state index contributed by atoms with van der Waals surface area (Å²) in [6.45, 7) is 0. The quantitative estimate of drug-likeness (QED) is 0.841. The van der Waals surface area contributed by atoms with E-state index in [1.807, 2.05) is 42.5 Å². The molecule has 5 heteroatoms. The lowest BCUT2D eigenvalue weighted by Crippen LogP contribution is -2.14. The molecule has 0 aliphatic heterocycles. The Hall–Kier alpha value is -1.49. The van der Waals surface area contributed by atoms with Crippen molar-refractivity contribution in [1.29, 1.82) is 0 Å². The minimum atomic E-state index is -0.295. The van der Waals surface area contributed by atoms with Crippen molar-refractivity contribution in [3.05, 3.63) is 58.6 Å². The average Bonchev–Trinajstić information content (AvgIpc) is 2.86. The summed E-state index contributed by atoms with van der Waals surface area (Å²) < 4.78 is 0. The fourth-order valence-electron chi connectivity index (χ4n) is 2.57. The fourth-order valence-corrected chi connectivity index (χ4v) is 3.61. The van der Waals surface area contributed by atoms with Gasteiger partial charge in [-0.15, -0.1) is 11.8 Å². The van der Waals surface area contributed by atoms with E-state index in [9.17, 15) is 9.90 Å². The number of rotatable bonds is 4. The topological polar surface area (TPSA) is 49.3 Å². The number of carbonyl (C=O) groups excluding carboxylic acids is 1. The number of hydrogen-bond donors (Lipinski definition) is 2. The van der Waals surface area contributed by atoms with Gasteiger partial charge in [0.15, 0.2) is 0 Å². The molecule has 0 aromatic heterocycles. The molecule has 0 fully saturated rings. The molecule has 1 aliphatic carbocycles. The predicted molar refractivity (Wildman–Crippen MR) is 90.7 cm³/mol. The lowest BCUT2D eigenvalue weighted by Gasteiger charge is -2.08. The fraction of sp³-hybridized carbons (Fsp3) is 0.235. The second kappa shape index (κ2) is 6.73. The van der Waals surface area contributed by atoms with Crippen LogP contribution in [0.25, 0.3) is 0 Å². The Morgan fingerprint density at radius 1 is 1.23 bits per heavy atom. The van der Waals surface area contributed by atoms with Crippen LogP contribution in [0.4, 0.5) is 5.69 Å². The minimum absolute atomic E-state index is 0.0663. The van der Waals surface area contributed by atoms with Crippen LogP contribution in [0.15, 0.2) is 47.4 Å². The molecule has 0 heterocycles. The molecule has 1 atom stereocenters. The maximum Gasteiger partial charge on any atom is 0.234 e. The highest BCUT2D eigenvalue weighted by molar-refractivity contribution is 8.00. The molecule has 0 saturated heterocycles. The van der Waals surface area contributed by atoms with Gasteiger partial charge in [-0.05, 0) is 48.2 Å². The molecule has 2 N–H and O–H groups in total. The van der Waals surface area contributed by atoms with Gasteiger partial charge in [-0.25, -0.2) is 0 Å². The molecule has 0 bridgehead atoms. The summed E-state index contributed by atoms with van der Waals surface area (Å²) in [5.41, 5.74) is 3.05. The van der Waals surface area contributed by atoms with Crippen LogP contribution in [0.1, 0.15) is 11.1 Å². The third-order valence-electron chi connectivity index (χ3n) is 3.60. The van der Waals surface area contributed by atoms with Crippen LogP contribution in [0, 0.1) is 0 Å². The Morgan fingerprint density at radius 3 is 2.82 bits per heavy atom. The number of halogens is 1. The molecule has 1 aliphatic rings. The molecule has 0 radical (unpaired) electrons. The third-order valence-corrected chi connectivity index (χ3v) is 5.11. The van der Waals surface area contributed by atoms with Gasteiger partial charge in [0, 0.05) is 10.6 Å². The van der Waals surface area contributed by atoms with Crippen LogP contribution in [-0.4, -0.2) is 22.9 Å². The van der Waals surface area contributed by atoms with Gasteiger partial charge in [0.1, 0.15) is 0 Å². The van der Waals surface area contributed by atoms with Crippen molar-refractivity contribution in [2.45, 2.75) is 23.8 Å². The van der Waals surface area contributed by atoms with Crippen LogP contribution < -0.4 is 5.32 Å². The highest BCUT2D eigenvalue weighted by Gasteiger charge is 2.19. The van der Waals surface area contributed by atoms with Crippen LogP contribution >= 0.6 is 23.4 Å². The van der Waals surface area contributed by atoms with Crippen molar-refractivity contribution >= 4 is 35.0 Å². The Bertz CT molecular complexity index is 705. The first kappa shape index (κ1) is 15.4. The lowest BCUT2D eigenvalue weighted by molar-refractivity contribution is -0.113. The molecule has 114 valence electrons. The number of aliphatic hydroxyl groups excluding tert-OH is 1. The first-order valence-electron chi connectivity index (χ1n) is 7.09. The van der Waals surface area contributed by atoms with Crippen molar-refractivity contribution in [3.8, 4) is 0 Å². The minimum Gasteiger partial charge on any atom is -0.392 e. The van der Waals surface area contributed by atoms with Crippen molar-refractivity contribution < 1.29 is 9.90 Å². The van der Waals surface area contributed by atoms with Gasteiger partial charge < -0.3 is 10.4 Å². The smallest absolute Gasteiger partial charge is 0.234 e. The molecule has 0 unspecified atom stereocenters. The van der Waals surface area contributed by atoms with E-state index in [1.54, 1.807) is 0 Å². The van der Waals surface area contributed by atoms with Gasteiger partial charge in [-0.3, -0.25) is 4.79 Å². The van der Waals surface area contributed by atoms with Crippen LogP contribution in [-0.2, 0) is 17.6 Å². The molecule has 22 heavy (non-hydrogen) atoms. The number of fused-ring (bicyclic) bond motifs is 1. The van der Waals surface area contributed by atoms with Crippen molar-refractivity contribution in [2.75, 3.05) is 11.1 Å². The zero-order valence-electron chi connectivity index (χ0n) is 11.9. The second-order valence-electron chi connectivity index (χ2n) is 5.31. The molecular weight excluding hydrogens is 318 g/mol. The average molecular weight is 334 g/mol. The Kier molecular flexibility index (Phi) is 4.71. The van der Waals surface area contributed by atoms with E-state index in [-0.39, 0.29) is 12.0 Å². The standard InChI is InChI=1S/C17H16ClNO2S/c18-15-3-1-2-4-16(15)22-10-17(21)19-13-6-5-11-8-14(20)9-12(11)7-13/h1-7,14,20H,8-10H2,(H,19,21)/t14-/m1/s1. The first-order chi connectivity index (χ1) is 10.6. The van der Waals surface area contributed by atoms with Gasteiger partial charge in [-0.1, -0.05) is 29.8 Å². The molecule has 0 spiro atoms. The summed E-state index contributed by atoms with van der Waals surface area (Å²) in [7, 11) is 0. The molecule has 1 amide bonds. The van der Waals surface area contributed by atoms with E-state index >= 15 is 0 Å². The van der Waals surface area contributed by atoms with E-state index in [0.717, 1.165) is 21.7 Å². The Labute approximate surface area is 138 Å². The number of thioether (sulfide) groups is 1. The number of amides is 1. The SMILES string of the molecule is O=C(CSc1ccccc1Cl)Nc1ccc2c(c1)C[C@H](O)C2. The van der Waals surface area contributed by atoms with Crippen LogP contribution in [0.5, 0.6) is 0 Å². The summed E-state index contributed by atoms with van der Waals surface area (Å²) in [5.74, 6) is 0.243. The van der Waals surface area contributed by atoms with E-state index in [1.165, 1.54) is 11.8 Å². The molecule has 2 aromatic carbocycles. The summed E-state index contributed by atoms with van der Waals surface area (Å²) in [5, 5.41) is 13.2. The summed E-state index contributed by atoms with van der Waals surface area (Å²) in [4.78, 5) is 12.9. The summed E-state index contributed by atoms with van der Waals surface area (Å²) >= 11 is 7.49. The second-order valence-corrected chi connectivity index (χ2v) is 6.74. The molecule has 0 saturated carbocycles. The zero-order chi connectivity index (χ0) is 15.5.